The summed E-state index contributed by atoms with van der Waals surface area (Å²) in [6.07, 6.45) is 0. The molecule has 2 atom stereocenters. The van der Waals surface area contributed by atoms with Crippen molar-refractivity contribution in [1.29, 1.82) is 0 Å². The van der Waals surface area contributed by atoms with E-state index in [0.29, 0.717) is 29.3 Å². The average Bonchev–Trinajstić information content (AvgIpc) is 2.67. The number of nitrogens with one attached hydrogen (secondary N) is 2. The summed E-state index contributed by atoms with van der Waals surface area (Å²) >= 11 is 0. The van der Waals surface area contributed by atoms with E-state index in [1.165, 1.54) is 6.92 Å². The second kappa shape index (κ2) is 9.19. The highest BCUT2D eigenvalue weighted by atomic mass is 16.5. The van der Waals surface area contributed by atoms with E-state index >= 15 is 0 Å². The van der Waals surface area contributed by atoms with E-state index in [1.807, 2.05) is 32.2 Å². The van der Waals surface area contributed by atoms with Gasteiger partial charge >= 0.3 is 0 Å². The van der Waals surface area contributed by atoms with Gasteiger partial charge in [0, 0.05) is 16.8 Å². The van der Waals surface area contributed by atoms with Crippen LogP contribution in [0, 0.1) is 0 Å². The van der Waals surface area contributed by atoms with Gasteiger partial charge in [0.2, 0.25) is 0 Å². The summed E-state index contributed by atoms with van der Waals surface area (Å²) in [6, 6.07) is 12.4. The van der Waals surface area contributed by atoms with Crippen molar-refractivity contribution < 1.29 is 24.0 Å². The first kappa shape index (κ1) is 20.5. The second-order valence-corrected chi connectivity index (χ2v) is 6.56. The van der Waals surface area contributed by atoms with E-state index < -0.39 is 0 Å². The number of likely N-dealkylation sites (N-methyl/N-ethyl adjacent to an activating group) is 1. The largest absolute Gasteiger partial charge is 0.493 e. The molecule has 2 aromatic rings. The van der Waals surface area contributed by atoms with E-state index in [4.69, 9.17) is 9.47 Å². The van der Waals surface area contributed by atoms with Gasteiger partial charge in [0.25, 0.3) is 5.91 Å². The Morgan fingerprint density at radius 2 is 1.67 bits per heavy atom. The number of amides is 1. The lowest BCUT2D eigenvalue weighted by Gasteiger charge is -2.21. The fraction of sp³-hybridized carbons (Fsp3) is 0.333. The maximum Gasteiger partial charge on any atom is 0.282 e. The van der Waals surface area contributed by atoms with Crippen LogP contribution in [0.1, 0.15) is 29.8 Å². The third kappa shape index (κ3) is 5.31. The summed E-state index contributed by atoms with van der Waals surface area (Å²) in [6.45, 7) is 4.07. The van der Waals surface area contributed by atoms with Crippen LogP contribution in [-0.4, -0.2) is 39.0 Å². The highest BCUT2D eigenvalue weighted by molar-refractivity contribution is 5.96. The van der Waals surface area contributed by atoms with Crippen LogP contribution in [0.2, 0.25) is 0 Å². The van der Waals surface area contributed by atoms with Crippen LogP contribution in [0.25, 0.3) is 0 Å². The molecule has 6 nitrogen and oxygen atoms in total. The Labute approximate surface area is 160 Å². The molecule has 0 bridgehead atoms. The molecule has 0 aliphatic rings. The normalized spacial score (nSPS) is 12.8. The van der Waals surface area contributed by atoms with Crippen LogP contribution in [0.4, 0.5) is 5.69 Å². The van der Waals surface area contributed by atoms with Gasteiger partial charge in [-0.05, 0) is 56.3 Å². The van der Waals surface area contributed by atoms with Crippen molar-refractivity contribution in [2.45, 2.75) is 26.4 Å². The van der Waals surface area contributed by atoms with Crippen molar-refractivity contribution in [3.05, 3.63) is 53.6 Å². The SMILES string of the molecule is COc1ccc(C[NH+](C)[C@@H](C)C(=O)Nc2ccc(C(C)=O)cc2)cc1OC. The number of ether oxygens (including phenoxy) is 2. The number of ketones is 1. The molecule has 6 heteroatoms. The molecule has 0 aliphatic carbocycles. The fourth-order valence-electron chi connectivity index (χ4n) is 2.73. The van der Waals surface area contributed by atoms with Gasteiger partial charge in [0.05, 0.1) is 21.3 Å². The molecule has 2 aromatic carbocycles. The molecule has 0 saturated heterocycles. The maximum atomic E-state index is 12.5. The number of carbonyl (C=O) groups excluding carboxylic acids is 2. The summed E-state index contributed by atoms with van der Waals surface area (Å²) in [4.78, 5) is 24.9. The first-order chi connectivity index (χ1) is 12.8. The number of benzene rings is 2. The third-order valence-corrected chi connectivity index (χ3v) is 4.62. The minimum atomic E-state index is -0.259. The standard InChI is InChI=1S/C21H26N2O4/c1-14(21(25)22-18-9-7-17(8-10-18)15(2)24)23(3)13-16-6-11-19(26-4)20(12-16)27-5/h6-12,14H,13H2,1-5H3,(H,22,25)/p+1/t14-/m0/s1. The smallest absolute Gasteiger partial charge is 0.282 e. The van der Waals surface area contributed by atoms with Gasteiger partial charge < -0.3 is 19.7 Å². The third-order valence-electron chi connectivity index (χ3n) is 4.62. The monoisotopic (exact) mass is 371 g/mol. The van der Waals surface area contributed by atoms with Crippen LogP contribution in [0.5, 0.6) is 11.5 Å². The van der Waals surface area contributed by atoms with Gasteiger partial charge in [-0.1, -0.05) is 0 Å². The minimum absolute atomic E-state index is 0.000317. The van der Waals surface area contributed by atoms with E-state index in [-0.39, 0.29) is 17.7 Å². The van der Waals surface area contributed by atoms with Crippen LogP contribution in [0.15, 0.2) is 42.5 Å². The number of hydrogen-bond acceptors (Lipinski definition) is 4. The number of Topliss-reactive ketones (excluding diaryl/α,β-unsaturated/α-hetero) is 1. The average molecular weight is 371 g/mol. The number of quaternary nitrogens is 1. The van der Waals surface area contributed by atoms with Gasteiger partial charge in [-0.3, -0.25) is 9.59 Å². The molecule has 144 valence electrons. The van der Waals surface area contributed by atoms with Gasteiger partial charge in [-0.15, -0.1) is 0 Å². The Hall–Kier alpha value is -2.86. The molecule has 0 aliphatic heterocycles. The molecule has 0 saturated carbocycles. The fourth-order valence-corrected chi connectivity index (χ4v) is 2.73. The van der Waals surface area contributed by atoms with Crippen LogP contribution >= 0.6 is 0 Å². The maximum absolute atomic E-state index is 12.5. The number of hydrogen-bond donors (Lipinski definition) is 2. The predicted molar refractivity (Wildman–Crippen MR) is 105 cm³/mol. The molecule has 1 amide bonds. The molecule has 0 radical (unpaired) electrons. The zero-order valence-electron chi connectivity index (χ0n) is 16.5. The summed E-state index contributed by atoms with van der Waals surface area (Å²) in [5, 5.41) is 2.90. The molecular weight excluding hydrogens is 344 g/mol. The van der Waals surface area contributed by atoms with Crippen molar-refractivity contribution in [2.75, 3.05) is 26.6 Å². The van der Waals surface area contributed by atoms with E-state index in [9.17, 15) is 9.59 Å². The van der Waals surface area contributed by atoms with Crippen molar-refractivity contribution in [2.24, 2.45) is 0 Å². The van der Waals surface area contributed by atoms with Gasteiger partial charge in [-0.2, -0.15) is 0 Å². The molecule has 27 heavy (non-hydrogen) atoms. The highest BCUT2D eigenvalue weighted by Crippen LogP contribution is 2.27. The first-order valence-corrected chi connectivity index (χ1v) is 8.80. The molecule has 0 aromatic heterocycles. The summed E-state index contributed by atoms with van der Waals surface area (Å²) < 4.78 is 10.6. The van der Waals surface area contributed by atoms with Crippen LogP contribution in [-0.2, 0) is 11.3 Å². The van der Waals surface area contributed by atoms with E-state index in [0.717, 1.165) is 10.5 Å². The van der Waals surface area contributed by atoms with Crippen molar-refractivity contribution in [3.8, 4) is 11.5 Å². The molecule has 0 spiro atoms. The molecule has 0 fully saturated rings. The van der Waals surface area contributed by atoms with E-state index in [2.05, 4.69) is 5.32 Å². The lowest BCUT2D eigenvalue weighted by molar-refractivity contribution is -0.907. The number of anilines is 1. The number of methoxy groups -OCH3 is 2. The second-order valence-electron chi connectivity index (χ2n) is 6.56. The van der Waals surface area contributed by atoms with E-state index in [1.54, 1.807) is 38.5 Å². The van der Waals surface area contributed by atoms with Gasteiger partial charge in [-0.25, -0.2) is 0 Å². The van der Waals surface area contributed by atoms with Crippen molar-refractivity contribution in [1.82, 2.24) is 0 Å². The Morgan fingerprint density at radius 1 is 1.04 bits per heavy atom. The Bertz CT molecular complexity index is 802. The van der Waals surface area contributed by atoms with Crippen LogP contribution < -0.4 is 19.7 Å². The summed E-state index contributed by atoms with van der Waals surface area (Å²) in [5.41, 5.74) is 2.35. The molecule has 0 heterocycles. The zero-order valence-corrected chi connectivity index (χ0v) is 16.5. The van der Waals surface area contributed by atoms with Crippen molar-refractivity contribution in [3.63, 3.8) is 0 Å². The Balaban J connectivity index is 2.00. The zero-order chi connectivity index (χ0) is 20.0. The molecule has 2 rings (SSSR count). The van der Waals surface area contributed by atoms with Gasteiger partial charge in [0.15, 0.2) is 23.3 Å². The Kier molecular flexibility index (Phi) is 6.96. The highest BCUT2D eigenvalue weighted by Gasteiger charge is 2.22. The Morgan fingerprint density at radius 3 is 2.22 bits per heavy atom. The topological polar surface area (TPSA) is 69.1 Å². The summed E-state index contributed by atoms with van der Waals surface area (Å²) in [5.74, 6) is 1.27. The summed E-state index contributed by atoms with van der Waals surface area (Å²) in [7, 11) is 5.18. The lowest BCUT2D eigenvalue weighted by atomic mass is 10.1. The number of rotatable bonds is 8. The predicted octanol–water partition coefficient (Wildman–Crippen LogP) is 1.95. The number of carbonyl (C=O) groups is 2. The van der Waals surface area contributed by atoms with Gasteiger partial charge in [0.1, 0.15) is 6.54 Å². The van der Waals surface area contributed by atoms with Crippen LogP contribution in [0.3, 0.4) is 0 Å². The quantitative estimate of drug-likeness (QED) is 0.696. The minimum Gasteiger partial charge on any atom is -0.493 e. The molecule has 2 N–H and O–H groups in total. The first-order valence-electron chi connectivity index (χ1n) is 8.80. The molecular formula is C21H27N2O4+. The lowest BCUT2D eigenvalue weighted by Crippen LogP contribution is -3.12. The molecule has 1 unspecified atom stereocenters. The van der Waals surface area contributed by atoms with Crippen molar-refractivity contribution >= 4 is 17.4 Å².